The molecular weight excluding hydrogens is 419 g/mol. The van der Waals surface area contributed by atoms with Crippen LogP contribution in [-0.4, -0.2) is 7.12 Å². The van der Waals surface area contributed by atoms with E-state index in [-0.39, 0.29) is 10.9 Å². The fraction of sp³-hybridized carbons (Fsp3) is 0.250. The van der Waals surface area contributed by atoms with Gasteiger partial charge < -0.3 is 0 Å². The van der Waals surface area contributed by atoms with Crippen molar-refractivity contribution in [1.29, 1.82) is 0 Å². The summed E-state index contributed by atoms with van der Waals surface area (Å²) in [5.41, 5.74) is 1.35. The van der Waals surface area contributed by atoms with E-state index in [2.05, 4.69) is 77.3 Å². The van der Waals surface area contributed by atoms with Crippen LogP contribution in [0.25, 0.3) is 0 Å². The summed E-state index contributed by atoms with van der Waals surface area (Å²) < 4.78 is 37.0. The van der Waals surface area contributed by atoms with E-state index in [1.54, 1.807) is 0 Å². The fourth-order valence-corrected chi connectivity index (χ4v) is 2.09. The van der Waals surface area contributed by atoms with E-state index in [0.717, 1.165) is 12.1 Å². The van der Waals surface area contributed by atoms with Crippen molar-refractivity contribution >= 4 is 35.2 Å². The van der Waals surface area contributed by atoms with Crippen molar-refractivity contribution in [2.45, 2.75) is 26.2 Å². The van der Waals surface area contributed by atoms with Crippen LogP contribution in [0.3, 0.4) is 0 Å². The lowest BCUT2D eigenvalue weighted by Gasteiger charge is -2.18. The molecule has 0 fully saturated rings. The van der Waals surface area contributed by atoms with Crippen molar-refractivity contribution in [3.63, 3.8) is 0 Å². The molecule has 0 bridgehead atoms. The maximum Gasteiger partial charge on any atom is 0.571 e. The van der Waals surface area contributed by atoms with Gasteiger partial charge in [0.1, 0.15) is 5.82 Å². The van der Waals surface area contributed by atoms with Crippen LogP contribution in [0.4, 0.5) is 13.4 Å². The van der Waals surface area contributed by atoms with Crippen molar-refractivity contribution in [3.8, 4) is 0 Å². The Morgan fingerprint density at radius 1 is 0.913 bits per heavy atom. The summed E-state index contributed by atoms with van der Waals surface area (Å²) in [7, 11) is -1.95. The Bertz CT molecular complexity index is 599. The van der Waals surface area contributed by atoms with Gasteiger partial charge in [-0.25, -0.2) is 14.1 Å². The summed E-state index contributed by atoms with van der Waals surface area (Å²) in [4.78, 5) is 6.06. The van der Waals surface area contributed by atoms with Gasteiger partial charge in [-0.1, -0.05) is 60.2 Å². The molecule has 0 saturated heterocycles. The lowest BCUT2D eigenvalue weighted by atomic mass is 9.80. The molecule has 0 aromatic heterocycles. The molecule has 0 unspecified atom stereocenters. The Morgan fingerprint density at radius 2 is 1.43 bits per heavy atom. The molecule has 2 aromatic carbocycles. The smallest absolute Gasteiger partial charge is 0.214 e. The Hall–Kier alpha value is -1.06. The van der Waals surface area contributed by atoms with E-state index >= 15 is 0 Å². The van der Waals surface area contributed by atoms with Crippen molar-refractivity contribution in [1.82, 2.24) is 0 Å². The van der Waals surface area contributed by atoms with Gasteiger partial charge in [-0.05, 0) is 51.8 Å². The Balaban J connectivity index is 0.000000231. The maximum absolute atomic E-state index is 12.7. The molecule has 0 aliphatic heterocycles. The van der Waals surface area contributed by atoms with E-state index in [4.69, 9.17) is 0 Å². The quantitative estimate of drug-likeness (QED) is 0.503. The lowest BCUT2D eigenvalue weighted by Crippen LogP contribution is -2.34. The molecule has 0 amide bonds. The van der Waals surface area contributed by atoms with E-state index in [1.807, 2.05) is 0 Å². The van der Waals surface area contributed by atoms with Crippen molar-refractivity contribution in [2.75, 3.05) is 0 Å². The number of hydrogen-bond donors (Lipinski definition) is 0. The zero-order chi connectivity index (χ0) is 17.5. The minimum Gasteiger partial charge on any atom is -0.214 e. The highest BCUT2D eigenvalue weighted by Gasteiger charge is 2.27. The van der Waals surface area contributed by atoms with Crippen molar-refractivity contribution in [2.24, 2.45) is 0 Å². The first-order chi connectivity index (χ1) is 10.8. The van der Waals surface area contributed by atoms with Gasteiger partial charge in [0.2, 0.25) is 0 Å². The van der Waals surface area contributed by atoms with Gasteiger partial charge in [-0.3, -0.25) is 0 Å². The maximum atomic E-state index is 12.7. The van der Waals surface area contributed by atoms with Gasteiger partial charge in [0.05, 0.1) is 0 Å². The predicted octanol–water partition coefficient (Wildman–Crippen LogP) is 4.91. The van der Waals surface area contributed by atoms with E-state index < -0.39 is 12.9 Å². The summed E-state index contributed by atoms with van der Waals surface area (Å²) in [6.07, 6.45) is 0. The van der Waals surface area contributed by atoms with Crippen LogP contribution in [0, 0.1) is 9.39 Å². The molecule has 0 radical (unpaired) electrons. The fourth-order valence-electron chi connectivity index (χ4n) is 1.73. The average Bonchev–Trinajstić information content (AvgIpc) is 2.50. The third-order valence-electron chi connectivity index (χ3n) is 3.03. The second-order valence-corrected chi connectivity index (χ2v) is 7.03. The van der Waals surface area contributed by atoms with Crippen LogP contribution in [0.5, 0.6) is 0 Å². The molecule has 2 nitrogen and oxygen atoms in total. The molecule has 0 atom stereocenters. The molecule has 124 valence electrons. The first-order valence-corrected chi connectivity index (χ1v) is 7.92. The monoisotopic (exact) mass is 436 g/mol. The number of halogens is 4. The molecule has 7 heteroatoms. The van der Waals surface area contributed by atoms with Crippen LogP contribution < -0.4 is 5.46 Å². The highest BCUT2D eigenvalue weighted by Crippen LogP contribution is 2.22. The number of rotatable bonds is 3. The standard InChI is InChI=1S/C10H13I.C6H4BF3O2/c1-10(2,3)8-4-6-9(11)7-5-8;8-6-4-2-1-3-5(6)7(11-9)12-10/h4-7H,1-3H3;1-4H. The third-order valence-corrected chi connectivity index (χ3v) is 3.75. The first kappa shape index (κ1) is 20.0. The van der Waals surface area contributed by atoms with E-state index in [0.29, 0.717) is 0 Å². The molecule has 0 aliphatic carbocycles. The van der Waals surface area contributed by atoms with Gasteiger partial charge in [0.15, 0.2) is 0 Å². The van der Waals surface area contributed by atoms with Gasteiger partial charge in [0, 0.05) is 9.03 Å². The summed E-state index contributed by atoms with van der Waals surface area (Å²) in [6, 6.07) is 13.7. The molecule has 0 spiro atoms. The molecule has 2 rings (SSSR count). The largest absolute Gasteiger partial charge is 0.571 e. The van der Waals surface area contributed by atoms with Gasteiger partial charge in [-0.15, -0.1) is 0 Å². The third kappa shape index (κ3) is 6.52. The van der Waals surface area contributed by atoms with Gasteiger partial charge in [0.25, 0.3) is 0 Å². The lowest BCUT2D eigenvalue weighted by molar-refractivity contribution is -0.100. The molecule has 0 heterocycles. The highest BCUT2D eigenvalue weighted by atomic mass is 127. The predicted molar refractivity (Wildman–Crippen MR) is 94.0 cm³/mol. The molecular formula is C16H17BF3IO2. The average molecular weight is 436 g/mol. The van der Waals surface area contributed by atoms with E-state index in [1.165, 1.54) is 21.3 Å². The Labute approximate surface area is 148 Å². The molecule has 23 heavy (non-hydrogen) atoms. The second kappa shape index (κ2) is 9.29. The minimum absolute atomic E-state index is 0.282. The highest BCUT2D eigenvalue weighted by molar-refractivity contribution is 14.1. The van der Waals surface area contributed by atoms with Gasteiger partial charge >= 0.3 is 7.12 Å². The van der Waals surface area contributed by atoms with E-state index in [9.17, 15) is 13.4 Å². The van der Waals surface area contributed by atoms with Crippen LogP contribution in [0.2, 0.25) is 0 Å². The molecule has 0 saturated carbocycles. The topological polar surface area (TPSA) is 18.5 Å². The van der Waals surface area contributed by atoms with Crippen LogP contribution in [-0.2, 0) is 15.1 Å². The second-order valence-electron chi connectivity index (χ2n) is 5.79. The first-order valence-electron chi connectivity index (χ1n) is 6.85. The Kier molecular flexibility index (Phi) is 8.08. The van der Waals surface area contributed by atoms with Crippen LogP contribution >= 0.6 is 22.6 Å². The SMILES string of the molecule is CC(C)(C)c1ccc(I)cc1.FOB(OF)c1ccccc1F. The van der Waals surface area contributed by atoms with Crippen molar-refractivity contribution < 1.29 is 23.2 Å². The van der Waals surface area contributed by atoms with Crippen molar-refractivity contribution in [3.05, 3.63) is 63.5 Å². The summed E-state index contributed by atoms with van der Waals surface area (Å²) in [5.74, 6) is -0.794. The molecule has 2 aromatic rings. The van der Waals surface area contributed by atoms with Gasteiger partial charge in [-0.2, -0.15) is 0 Å². The summed E-state index contributed by atoms with van der Waals surface area (Å²) in [6.45, 7) is 6.69. The summed E-state index contributed by atoms with van der Waals surface area (Å²) >= 11 is 2.32. The minimum atomic E-state index is -1.95. The number of hydrogen-bond acceptors (Lipinski definition) is 2. The normalized spacial score (nSPS) is 10.7. The molecule has 0 N–H and O–H groups in total. The van der Waals surface area contributed by atoms with Crippen LogP contribution in [0.15, 0.2) is 48.5 Å². The zero-order valence-electron chi connectivity index (χ0n) is 13.0. The van der Waals surface area contributed by atoms with Crippen LogP contribution in [0.1, 0.15) is 26.3 Å². The zero-order valence-corrected chi connectivity index (χ0v) is 15.2. The Morgan fingerprint density at radius 3 is 1.87 bits per heavy atom. The number of benzene rings is 2. The summed E-state index contributed by atoms with van der Waals surface area (Å²) in [5, 5.41) is 0. The molecule has 0 aliphatic rings.